The van der Waals surface area contributed by atoms with Crippen LogP contribution in [0.1, 0.15) is 38.1 Å². The van der Waals surface area contributed by atoms with Gasteiger partial charge in [-0.05, 0) is 18.2 Å². The minimum atomic E-state index is -1.34. The second-order valence-corrected chi connectivity index (χ2v) is 7.69. The quantitative estimate of drug-likeness (QED) is 0.362. The summed E-state index contributed by atoms with van der Waals surface area (Å²) < 4.78 is 37.7. The molecule has 0 aliphatic carbocycles. The van der Waals surface area contributed by atoms with Gasteiger partial charge in [-0.3, -0.25) is 19.2 Å². The highest BCUT2D eigenvalue weighted by molar-refractivity contribution is 5.90. The number of rotatable bonds is 9. The molecule has 0 spiro atoms. The number of carbonyl (C=O) groups is 5. The van der Waals surface area contributed by atoms with Crippen LogP contribution in [0, 0.1) is 0 Å². The maximum atomic E-state index is 12.0. The van der Waals surface area contributed by atoms with Crippen molar-refractivity contribution in [2.24, 2.45) is 0 Å². The van der Waals surface area contributed by atoms with E-state index >= 15 is 0 Å². The summed E-state index contributed by atoms with van der Waals surface area (Å²) in [4.78, 5) is 59.1. The summed E-state index contributed by atoms with van der Waals surface area (Å²) in [5, 5.41) is 2.59. The van der Waals surface area contributed by atoms with Gasteiger partial charge >= 0.3 is 23.9 Å². The van der Waals surface area contributed by atoms with E-state index in [4.69, 9.17) is 33.2 Å². The van der Waals surface area contributed by atoms with E-state index in [0.717, 1.165) is 13.8 Å². The van der Waals surface area contributed by atoms with Gasteiger partial charge in [-0.1, -0.05) is 0 Å². The molecular weight excluding hydrogens is 482 g/mol. The SMILES string of the molecule is COC(=O)c1ccc(O[C@H]2O[C@@H](COC(C)=O)[C@@H](OC(C)=O)[C@H](OC(C)=O)[C@@H]2NC(C)=O)c(OC)c1. The Kier molecular flexibility index (Phi) is 10.0. The molecule has 36 heavy (non-hydrogen) atoms. The van der Waals surface area contributed by atoms with Crippen LogP contribution in [0.4, 0.5) is 0 Å². The molecule has 0 bridgehead atoms. The van der Waals surface area contributed by atoms with E-state index in [2.05, 4.69) is 5.32 Å². The second-order valence-electron chi connectivity index (χ2n) is 7.69. The third-order valence-electron chi connectivity index (χ3n) is 4.90. The molecule has 1 aromatic carbocycles. The van der Waals surface area contributed by atoms with Crippen molar-refractivity contribution in [3.05, 3.63) is 23.8 Å². The number of benzene rings is 1. The average Bonchev–Trinajstić information content (AvgIpc) is 2.80. The lowest BCUT2D eigenvalue weighted by Gasteiger charge is -2.44. The molecular formula is C23H29NO12. The molecule has 1 aromatic rings. The molecule has 13 heteroatoms. The van der Waals surface area contributed by atoms with Gasteiger partial charge in [0.05, 0.1) is 19.8 Å². The Bertz CT molecular complexity index is 993. The van der Waals surface area contributed by atoms with Crippen molar-refractivity contribution < 1.29 is 57.1 Å². The maximum absolute atomic E-state index is 12.0. The largest absolute Gasteiger partial charge is 0.493 e. The van der Waals surface area contributed by atoms with Crippen molar-refractivity contribution >= 4 is 29.8 Å². The van der Waals surface area contributed by atoms with Crippen molar-refractivity contribution in [1.82, 2.24) is 5.32 Å². The van der Waals surface area contributed by atoms with Crippen molar-refractivity contribution in [3.63, 3.8) is 0 Å². The van der Waals surface area contributed by atoms with Crippen molar-refractivity contribution in [1.29, 1.82) is 0 Å². The summed E-state index contributed by atoms with van der Waals surface area (Å²) >= 11 is 0. The van der Waals surface area contributed by atoms with Gasteiger partial charge in [-0.2, -0.15) is 0 Å². The van der Waals surface area contributed by atoms with Crippen LogP contribution in [0.25, 0.3) is 0 Å². The lowest BCUT2D eigenvalue weighted by Crippen LogP contribution is -2.67. The van der Waals surface area contributed by atoms with E-state index in [9.17, 15) is 24.0 Å². The Labute approximate surface area is 207 Å². The van der Waals surface area contributed by atoms with Gasteiger partial charge in [0.2, 0.25) is 12.2 Å². The van der Waals surface area contributed by atoms with E-state index in [1.165, 1.54) is 46.3 Å². The standard InChI is InChI=1S/C23H29NO12/c1-11(25)24-19-21(34-14(4)28)20(33-13(3)27)18(10-32-12(2)26)36-23(19)35-16-8-7-15(22(29)31-6)9-17(16)30-5/h7-9,18-21,23H,10H2,1-6H3,(H,24,25)/t18-,19-,20+,21+,23-/m0/s1. The molecule has 2 rings (SSSR count). The van der Waals surface area contributed by atoms with Crippen molar-refractivity contribution in [2.75, 3.05) is 20.8 Å². The molecule has 1 fully saturated rings. The highest BCUT2D eigenvalue weighted by atomic mass is 16.7. The first kappa shape index (κ1) is 28.4. The highest BCUT2D eigenvalue weighted by Gasteiger charge is 2.52. The molecule has 0 radical (unpaired) electrons. The summed E-state index contributed by atoms with van der Waals surface area (Å²) in [5.74, 6) is -3.00. The Morgan fingerprint density at radius 2 is 1.53 bits per heavy atom. The monoisotopic (exact) mass is 511 g/mol. The van der Waals surface area contributed by atoms with E-state index < -0.39 is 60.4 Å². The van der Waals surface area contributed by atoms with Crippen LogP contribution in [0.2, 0.25) is 0 Å². The lowest BCUT2D eigenvalue weighted by molar-refractivity contribution is -0.257. The fraction of sp³-hybridized carbons (Fsp3) is 0.522. The van der Waals surface area contributed by atoms with E-state index in [0.29, 0.717) is 0 Å². The maximum Gasteiger partial charge on any atom is 0.337 e. The number of nitrogens with one attached hydrogen (secondary N) is 1. The van der Waals surface area contributed by atoms with Crippen LogP contribution >= 0.6 is 0 Å². The summed E-state index contributed by atoms with van der Waals surface area (Å²) in [7, 11) is 2.57. The molecule has 0 unspecified atom stereocenters. The molecule has 1 aliphatic heterocycles. The van der Waals surface area contributed by atoms with Crippen molar-refractivity contribution in [3.8, 4) is 11.5 Å². The third kappa shape index (κ3) is 7.57. The van der Waals surface area contributed by atoms with Crippen LogP contribution in [0.5, 0.6) is 11.5 Å². The Balaban J connectivity index is 2.52. The number of ether oxygens (including phenoxy) is 7. The molecule has 1 aliphatic rings. The van der Waals surface area contributed by atoms with Gasteiger partial charge in [0.25, 0.3) is 0 Å². The number of esters is 4. The zero-order valence-electron chi connectivity index (χ0n) is 20.7. The van der Waals surface area contributed by atoms with Crippen LogP contribution in [-0.2, 0) is 42.9 Å². The summed E-state index contributed by atoms with van der Waals surface area (Å²) in [6.07, 6.45) is -5.03. The first-order valence-electron chi connectivity index (χ1n) is 10.8. The minimum Gasteiger partial charge on any atom is -0.493 e. The summed E-state index contributed by atoms with van der Waals surface area (Å²) in [6.45, 7) is 4.29. The first-order valence-corrected chi connectivity index (χ1v) is 10.8. The van der Waals surface area contributed by atoms with Crippen molar-refractivity contribution in [2.45, 2.75) is 58.3 Å². The zero-order valence-corrected chi connectivity index (χ0v) is 20.7. The molecule has 1 N–H and O–H groups in total. The zero-order chi connectivity index (χ0) is 27.0. The Morgan fingerprint density at radius 3 is 2.06 bits per heavy atom. The molecule has 13 nitrogen and oxygen atoms in total. The van der Waals surface area contributed by atoms with Gasteiger partial charge in [-0.15, -0.1) is 0 Å². The minimum absolute atomic E-state index is 0.101. The van der Waals surface area contributed by atoms with Crippen LogP contribution in [0.3, 0.4) is 0 Å². The normalized spacial score (nSPS) is 23.0. The van der Waals surface area contributed by atoms with Crippen LogP contribution < -0.4 is 14.8 Å². The van der Waals surface area contributed by atoms with Gasteiger partial charge in [0, 0.05) is 27.7 Å². The molecule has 198 valence electrons. The van der Waals surface area contributed by atoms with Gasteiger partial charge in [0.1, 0.15) is 18.8 Å². The Morgan fingerprint density at radius 1 is 0.889 bits per heavy atom. The molecule has 0 aromatic heterocycles. The van der Waals surface area contributed by atoms with Crippen LogP contribution in [0.15, 0.2) is 18.2 Å². The highest BCUT2D eigenvalue weighted by Crippen LogP contribution is 2.34. The summed E-state index contributed by atoms with van der Waals surface area (Å²) in [5.41, 5.74) is 0.185. The summed E-state index contributed by atoms with van der Waals surface area (Å²) in [6, 6.07) is 3.04. The fourth-order valence-electron chi connectivity index (χ4n) is 3.53. The molecule has 1 amide bonds. The van der Waals surface area contributed by atoms with Crippen LogP contribution in [-0.4, -0.2) is 81.3 Å². The molecule has 0 saturated carbocycles. The second kappa shape index (κ2) is 12.7. The van der Waals surface area contributed by atoms with Gasteiger partial charge in [0.15, 0.2) is 23.7 Å². The molecule has 5 atom stereocenters. The number of methoxy groups -OCH3 is 2. The first-order chi connectivity index (χ1) is 17.0. The fourth-order valence-corrected chi connectivity index (χ4v) is 3.53. The number of amides is 1. The van der Waals surface area contributed by atoms with E-state index in [1.807, 2.05) is 0 Å². The van der Waals surface area contributed by atoms with Gasteiger partial charge < -0.3 is 38.5 Å². The molecule has 1 heterocycles. The smallest absolute Gasteiger partial charge is 0.337 e. The Hall–Kier alpha value is -3.87. The number of carbonyl (C=O) groups excluding carboxylic acids is 5. The van der Waals surface area contributed by atoms with Gasteiger partial charge in [-0.25, -0.2) is 4.79 Å². The van der Waals surface area contributed by atoms with E-state index in [1.54, 1.807) is 0 Å². The predicted octanol–water partition coefficient (Wildman–Crippen LogP) is 0.517. The van der Waals surface area contributed by atoms with E-state index in [-0.39, 0.29) is 23.7 Å². The topological polar surface area (TPSA) is 162 Å². The third-order valence-corrected chi connectivity index (χ3v) is 4.90. The molecule has 1 saturated heterocycles. The number of hydrogen-bond acceptors (Lipinski definition) is 12. The lowest BCUT2D eigenvalue weighted by atomic mass is 9.96. The predicted molar refractivity (Wildman–Crippen MR) is 119 cm³/mol. The number of hydrogen-bond donors (Lipinski definition) is 1. The average molecular weight is 511 g/mol.